The number of carbonyl (C=O) groups excluding carboxylic acids is 1. The maximum atomic E-state index is 11.8. The molecule has 6 nitrogen and oxygen atoms in total. The molecule has 0 spiro atoms. The van der Waals surface area contributed by atoms with Crippen molar-refractivity contribution in [2.75, 3.05) is 6.61 Å². The molecule has 0 aliphatic rings. The van der Waals surface area contributed by atoms with Crippen molar-refractivity contribution in [1.29, 1.82) is 0 Å². The number of ether oxygens (including phenoxy) is 1. The minimum Gasteiger partial charge on any atom is -0.504 e. The Kier molecular flexibility index (Phi) is 3.91. The first-order chi connectivity index (χ1) is 10.7. The van der Waals surface area contributed by atoms with Gasteiger partial charge in [-0.25, -0.2) is 4.98 Å². The van der Waals surface area contributed by atoms with E-state index in [1.807, 2.05) is 18.2 Å². The lowest BCUT2D eigenvalue weighted by Gasteiger charge is -2.06. The molecule has 1 amide bonds. The minimum absolute atomic E-state index is 0.0529. The first kappa shape index (κ1) is 13.9. The smallest absolute Gasteiger partial charge is 0.258 e. The van der Waals surface area contributed by atoms with E-state index in [9.17, 15) is 9.90 Å². The lowest BCUT2D eigenvalue weighted by atomic mass is 10.3. The highest BCUT2D eigenvalue weighted by atomic mass is 16.5. The topological polar surface area (TPSA) is 75.9 Å². The maximum absolute atomic E-state index is 11.8. The molecule has 2 heterocycles. The average molecular weight is 297 g/mol. The van der Waals surface area contributed by atoms with Crippen molar-refractivity contribution in [3.8, 4) is 11.5 Å². The number of hydrogen-bond acceptors (Lipinski definition) is 4. The monoisotopic (exact) mass is 297 g/mol. The number of nitrogens with one attached hydrogen (secondary N) is 1. The van der Waals surface area contributed by atoms with Crippen LogP contribution < -0.4 is 10.1 Å². The van der Waals surface area contributed by atoms with Gasteiger partial charge in [-0.1, -0.05) is 18.2 Å². The zero-order valence-corrected chi connectivity index (χ0v) is 11.8. The molecule has 112 valence electrons. The Labute approximate surface area is 127 Å². The van der Waals surface area contributed by atoms with Crippen LogP contribution in [0.15, 0.2) is 54.9 Å². The molecule has 2 N–H and O–H groups in total. The number of imidazole rings is 1. The molecule has 22 heavy (non-hydrogen) atoms. The molecule has 6 heteroatoms. The lowest BCUT2D eigenvalue weighted by molar-refractivity contribution is -0.123. The molecule has 0 fully saturated rings. The van der Waals surface area contributed by atoms with Crippen molar-refractivity contribution in [2.24, 2.45) is 0 Å². The Hall–Kier alpha value is -3.02. The fraction of sp³-hybridized carbons (Fsp3) is 0.125. The van der Waals surface area contributed by atoms with E-state index in [4.69, 9.17) is 4.74 Å². The third kappa shape index (κ3) is 3.17. The van der Waals surface area contributed by atoms with Gasteiger partial charge in [0.05, 0.1) is 12.2 Å². The Morgan fingerprint density at radius 3 is 2.82 bits per heavy atom. The molecule has 1 aromatic carbocycles. The third-order valence-corrected chi connectivity index (χ3v) is 3.09. The molecular weight excluding hydrogens is 282 g/mol. The summed E-state index contributed by atoms with van der Waals surface area (Å²) in [7, 11) is 0. The second kappa shape index (κ2) is 6.17. The second-order valence-corrected chi connectivity index (χ2v) is 4.74. The van der Waals surface area contributed by atoms with Crippen LogP contribution in [0.5, 0.6) is 11.5 Å². The zero-order valence-electron chi connectivity index (χ0n) is 11.8. The SMILES string of the molecule is O=C(COc1ccccc1)NCc1cn2cccc(O)c2n1. The van der Waals surface area contributed by atoms with Crippen LogP contribution in [-0.2, 0) is 11.3 Å². The molecule has 0 saturated carbocycles. The van der Waals surface area contributed by atoms with Crippen LogP contribution >= 0.6 is 0 Å². The number of para-hydroxylation sites is 1. The van der Waals surface area contributed by atoms with Gasteiger partial charge in [0.15, 0.2) is 18.0 Å². The number of fused-ring (bicyclic) bond motifs is 1. The van der Waals surface area contributed by atoms with Crippen LogP contribution in [-0.4, -0.2) is 27.0 Å². The Morgan fingerprint density at radius 2 is 2.05 bits per heavy atom. The van der Waals surface area contributed by atoms with Gasteiger partial charge in [-0.2, -0.15) is 0 Å². The molecule has 0 aliphatic heterocycles. The fourth-order valence-corrected chi connectivity index (χ4v) is 2.04. The van der Waals surface area contributed by atoms with Gasteiger partial charge in [0, 0.05) is 12.4 Å². The molecule has 0 radical (unpaired) electrons. The normalized spacial score (nSPS) is 10.5. The van der Waals surface area contributed by atoms with Crippen molar-refractivity contribution in [3.05, 3.63) is 60.6 Å². The van der Waals surface area contributed by atoms with Gasteiger partial charge >= 0.3 is 0 Å². The summed E-state index contributed by atoms with van der Waals surface area (Å²) in [6, 6.07) is 12.4. The number of amides is 1. The fourth-order valence-electron chi connectivity index (χ4n) is 2.04. The number of aromatic nitrogens is 2. The van der Waals surface area contributed by atoms with E-state index in [1.165, 1.54) is 0 Å². The standard InChI is InChI=1S/C16H15N3O3/c20-14-7-4-8-19-10-12(18-16(14)19)9-17-15(21)11-22-13-5-2-1-3-6-13/h1-8,10,20H,9,11H2,(H,17,21). The van der Waals surface area contributed by atoms with Crippen LogP contribution in [0.3, 0.4) is 0 Å². The summed E-state index contributed by atoms with van der Waals surface area (Å²) in [6.07, 6.45) is 3.54. The van der Waals surface area contributed by atoms with Crippen molar-refractivity contribution in [3.63, 3.8) is 0 Å². The van der Waals surface area contributed by atoms with Crippen LogP contribution in [0.1, 0.15) is 5.69 Å². The van der Waals surface area contributed by atoms with E-state index < -0.39 is 0 Å². The third-order valence-electron chi connectivity index (χ3n) is 3.09. The van der Waals surface area contributed by atoms with E-state index in [0.29, 0.717) is 17.1 Å². The van der Waals surface area contributed by atoms with E-state index in [-0.39, 0.29) is 24.8 Å². The van der Waals surface area contributed by atoms with Crippen LogP contribution in [0, 0.1) is 0 Å². The van der Waals surface area contributed by atoms with E-state index >= 15 is 0 Å². The van der Waals surface area contributed by atoms with Gasteiger partial charge in [-0.3, -0.25) is 4.79 Å². The summed E-state index contributed by atoms with van der Waals surface area (Å²) in [6.45, 7) is 0.223. The number of rotatable bonds is 5. The molecule has 0 bridgehead atoms. The molecule has 0 unspecified atom stereocenters. The van der Waals surface area contributed by atoms with Gasteiger partial charge < -0.3 is 19.6 Å². The van der Waals surface area contributed by atoms with E-state index in [0.717, 1.165) is 0 Å². The van der Waals surface area contributed by atoms with Gasteiger partial charge in [0.1, 0.15) is 5.75 Å². The summed E-state index contributed by atoms with van der Waals surface area (Å²) in [5.74, 6) is 0.521. The highest BCUT2D eigenvalue weighted by Crippen LogP contribution is 2.16. The summed E-state index contributed by atoms with van der Waals surface area (Å²) in [5, 5.41) is 12.4. The Bertz CT molecular complexity index is 784. The van der Waals surface area contributed by atoms with Crippen LogP contribution in [0.2, 0.25) is 0 Å². The van der Waals surface area contributed by atoms with Crippen molar-refractivity contribution < 1.29 is 14.6 Å². The molecule has 0 atom stereocenters. The van der Waals surface area contributed by atoms with Gasteiger partial charge in [-0.15, -0.1) is 0 Å². The minimum atomic E-state index is -0.231. The summed E-state index contributed by atoms with van der Waals surface area (Å²) in [5.41, 5.74) is 1.13. The number of carbonyl (C=O) groups is 1. The first-order valence-electron chi connectivity index (χ1n) is 6.82. The Balaban J connectivity index is 1.55. The largest absolute Gasteiger partial charge is 0.504 e. The van der Waals surface area contributed by atoms with Gasteiger partial charge in [0.2, 0.25) is 0 Å². The quantitative estimate of drug-likeness (QED) is 0.752. The molecule has 3 rings (SSSR count). The van der Waals surface area contributed by atoms with Gasteiger partial charge in [-0.05, 0) is 24.3 Å². The van der Waals surface area contributed by atoms with Crippen molar-refractivity contribution >= 4 is 11.6 Å². The molecule has 0 saturated heterocycles. The van der Waals surface area contributed by atoms with Gasteiger partial charge in [0.25, 0.3) is 5.91 Å². The highest BCUT2D eigenvalue weighted by molar-refractivity contribution is 5.77. The van der Waals surface area contributed by atoms with Crippen molar-refractivity contribution in [1.82, 2.24) is 14.7 Å². The number of pyridine rings is 1. The van der Waals surface area contributed by atoms with E-state index in [2.05, 4.69) is 10.3 Å². The number of benzene rings is 1. The maximum Gasteiger partial charge on any atom is 0.258 e. The van der Waals surface area contributed by atoms with E-state index in [1.54, 1.807) is 41.1 Å². The lowest BCUT2D eigenvalue weighted by Crippen LogP contribution is -2.28. The van der Waals surface area contributed by atoms with Crippen molar-refractivity contribution in [2.45, 2.75) is 6.54 Å². The predicted molar refractivity (Wildman–Crippen MR) is 80.6 cm³/mol. The summed E-state index contributed by atoms with van der Waals surface area (Å²) >= 11 is 0. The number of nitrogens with zero attached hydrogens (tertiary/aromatic N) is 2. The average Bonchev–Trinajstić information content (AvgIpc) is 2.96. The first-order valence-corrected chi connectivity index (χ1v) is 6.82. The second-order valence-electron chi connectivity index (χ2n) is 4.74. The van der Waals surface area contributed by atoms with Crippen LogP contribution in [0.4, 0.5) is 0 Å². The number of hydrogen-bond donors (Lipinski definition) is 2. The summed E-state index contributed by atoms with van der Waals surface area (Å²) in [4.78, 5) is 16.0. The highest BCUT2D eigenvalue weighted by Gasteiger charge is 2.07. The molecule has 0 aliphatic carbocycles. The predicted octanol–water partition coefficient (Wildman–Crippen LogP) is 1.74. The molecule has 3 aromatic rings. The van der Waals surface area contributed by atoms with Crippen LogP contribution in [0.25, 0.3) is 5.65 Å². The molecular formula is C16H15N3O3. The number of aromatic hydroxyl groups is 1. The Morgan fingerprint density at radius 1 is 1.23 bits per heavy atom. The molecule has 2 aromatic heterocycles. The summed E-state index contributed by atoms with van der Waals surface area (Å²) < 4.78 is 7.06. The zero-order chi connectivity index (χ0) is 15.4.